The van der Waals surface area contributed by atoms with Gasteiger partial charge in [0.15, 0.2) is 0 Å². The van der Waals surface area contributed by atoms with Crippen LogP contribution in [0.3, 0.4) is 0 Å². The van der Waals surface area contributed by atoms with Gasteiger partial charge in [-0.05, 0) is 42.9 Å². The predicted molar refractivity (Wildman–Crippen MR) is 89.9 cm³/mol. The number of hydrogen-bond donors (Lipinski definition) is 1. The topological polar surface area (TPSA) is 55.1 Å². The highest BCUT2D eigenvalue weighted by Crippen LogP contribution is 2.48. The van der Waals surface area contributed by atoms with Gasteiger partial charge in [-0.15, -0.1) is 0 Å². The molecule has 2 saturated carbocycles. The summed E-state index contributed by atoms with van der Waals surface area (Å²) in [5, 5.41) is 7.50. The van der Waals surface area contributed by atoms with E-state index in [1.807, 2.05) is 0 Å². The monoisotopic (exact) mass is 318 g/mol. The van der Waals surface area contributed by atoms with E-state index in [1.54, 1.807) is 0 Å². The summed E-state index contributed by atoms with van der Waals surface area (Å²) in [4.78, 5) is 12.1. The summed E-state index contributed by atoms with van der Waals surface area (Å²) in [6.45, 7) is 8.91. The molecule has 3 rings (SSSR count). The highest BCUT2D eigenvalue weighted by atomic mass is 16.5. The molecule has 23 heavy (non-hydrogen) atoms. The summed E-state index contributed by atoms with van der Waals surface area (Å²) >= 11 is 0. The van der Waals surface area contributed by atoms with Crippen molar-refractivity contribution < 1.29 is 9.32 Å². The van der Waals surface area contributed by atoms with Crippen LogP contribution in [-0.2, 0) is 17.6 Å². The van der Waals surface area contributed by atoms with Crippen LogP contribution in [0.4, 0.5) is 0 Å². The number of aromatic nitrogens is 1. The molecule has 0 aliphatic heterocycles. The first-order chi connectivity index (χ1) is 10.9. The third-order valence-electron chi connectivity index (χ3n) is 5.94. The number of nitrogens with zero attached hydrogens (tertiary/aromatic N) is 1. The zero-order chi connectivity index (χ0) is 16.6. The van der Waals surface area contributed by atoms with Crippen LogP contribution >= 0.6 is 0 Å². The van der Waals surface area contributed by atoms with Crippen molar-refractivity contribution in [1.82, 2.24) is 10.5 Å². The van der Waals surface area contributed by atoms with Gasteiger partial charge >= 0.3 is 0 Å². The van der Waals surface area contributed by atoms with Gasteiger partial charge in [-0.25, -0.2) is 0 Å². The van der Waals surface area contributed by atoms with Crippen LogP contribution in [0.15, 0.2) is 10.6 Å². The molecule has 2 aliphatic carbocycles. The van der Waals surface area contributed by atoms with Gasteiger partial charge in [-0.3, -0.25) is 4.79 Å². The molecule has 1 aromatic rings. The Labute approximate surface area is 139 Å². The number of carbonyl (C=O) groups excluding carboxylic acids is 1. The van der Waals surface area contributed by atoms with Crippen LogP contribution < -0.4 is 5.32 Å². The van der Waals surface area contributed by atoms with Gasteiger partial charge in [0, 0.05) is 24.4 Å². The third kappa shape index (κ3) is 3.46. The minimum atomic E-state index is 0.135. The van der Waals surface area contributed by atoms with Crippen molar-refractivity contribution in [3.05, 3.63) is 17.5 Å². The number of amides is 1. The van der Waals surface area contributed by atoms with Crippen molar-refractivity contribution in [1.29, 1.82) is 0 Å². The van der Waals surface area contributed by atoms with Gasteiger partial charge < -0.3 is 9.84 Å². The molecule has 1 N–H and O–H groups in total. The lowest BCUT2D eigenvalue weighted by molar-refractivity contribution is -0.132. The summed E-state index contributed by atoms with van der Waals surface area (Å²) in [6, 6.07) is 2.42. The minimum Gasteiger partial charge on any atom is -0.361 e. The van der Waals surface area contributed by atoms with Gasteiger partial charge in [-0.2, -0.15) is 0 Å². The SMILES string of the molecule is CC(C)Cc1cc(CC2CC(NC(=O)C3CCC3)C2(C)C)no1. The van der Waals surface area contributed by atoms with E-state index < -0.39 is 0 Å². The molecule has 4 heteroatoms. The van der Waals surface area contributed by atoms with Crippen LogP contribution in [0.5, 0.6) is 0 Å². The Kier molecular flexibility index (Phi) is 4.52. The standard InChI is InChI=1S/C19H30N2O2/c1-12(2)8-16-11-15(21-23-16)9-14-10-17(19(14,3)4)20-18(22)13-6-5-7-13/h11-14,17H,5-10H2,1-4H3,(H,20,22). The number of nitrogens with one attached hydrogen (secondary N) is 1. The van der Waals surface area contributed by atoms with Gasteiger partial charge in [0.05, 0.1) is 5.69 Å². The first-order valence-corrected chi connectivity index (χ1v) is 9.11. The van der Waals surface area contributed by atoms with Crippen LogP contribution in [0.25, 0.3) is 0 Å². The lowest BCUT2D eigenvalue weighted by Gasteiger charge is -2.52. The van der Waals surface area contributed by atoms with E-state index in [1.165, 1.54) is 6.42 Å². The summed E-state index contributed by atoms with van der Waals surface area (Å²) in [5.74, 6) is 2.68. The van der Waals surface area contributed by atoms with E-state index in [4.69, 9.17) is 4.52 Å². The van der Waals surface area contributed by atoms with E-state index in [-0.39, 0.29) is 17.2 Å². The molecule has 0 spiro atoms. The molecule has 1 amide bonds. The summed E-state index contributed by atoms with van der Waals surface area (Å²) in [7, 11) is 0. The molecule has 2 unspecified atom stereocenters. The van der Waals surface area contributed by atoms with Crippen LogP contribution in [-0.4, -0.2) is 17.1 Å². The lowest BCUT2D eigenvalue weighted by atomic mass is 9.57. The number of rotatable bonds is 6. The Balaban J connectivity index is 1.52. The molecule has 4 nitrogen and oxygen atoms in total. The Hall–Kier alpha value is -1.32. The molecule has 1 heterocycles. The van der Waals surface area contributed by atoms with Gasteiger partial charge in [0.1, 0.15) is 5.76 Å². The molecule has 0 saturated heterocycles. The molecule has 2 fully saturated rings. The zero-order valence-electron chi connectivity index (χ0n) is 14.9. The normalized spacial score (nSPS) is 26.7. The van der Waals surface area contributed by atoms with Crippen LogP contribution in [0.2, 0.25) is 0 Å². The fraction of sp³-hybridized carbons (Fsp3) is 0.789. The molecule has 0 aromatic carbocycles. The van der Waals surface area contributed by atoms with E-state index >= 15 is 0 Å². The van der Waals surface area contributed by atoms with E-state index in [0.717, 1.165) is 43.6 Å². The van der Waals surface area contributed by atoms with Crippen molar-refractivity contribution in [3.8, 4) is 0 Å². The fourth-order valence-electron chi connectivity index (χ4n) is 3.77. The average molecular weight is 318 g/mol. The van der Waals surface area contributed by atoms with Crippen LogP contribution in [0, 0.1) is 23.2 Å². The highest BCUT2D eigenvalue weighted by Gasteiger charge is 2.49. The van der Waals surface area contributed by atoms with E-state index in [2.05, 4.69) is 44.2 Å². The van der Waals surface area contributed by atoms with Crippen LogP contribution in [0.1, 0.15) is 64.8 Å². The average Bonchev–Trinajstić information content (AvgIpc) is 2.82. The quantitative estimate of drug-likeness (QED) is 0.869. The third-order valence-corrected chi connectivity index (χ3v) is 5.94. The molecule has 2 aliphatic rings. The van der Waals surface area contributed by atoms with E-state index in [9.17, 15) is 4.79 Å². The second-order valence-electron chi connectivity index (χ2n) is 8.53. The maximum absolute atomic E-state index is 12.1. The Morgan fingerprint density at radius 2 is 2.17 bits per heavy atom. The van der Waals surface area contributed by atoms with Crippen molar-refractivity contribution in [2.24, 2.45) is 23.2 Å². The second-order valence-corrected chi connectivity index (χ2v) is 8.53. The van der Waals surface area contributed by atoms with Crippen molar-refractivity contribution in [3.63, 3.8) is 0 Å². The van der Waals surface area contributed by atoms with Gasteiger partial charge in [0.25, 0.3) is 0 Å². The molecule has 0 radical (unpaired) electrons. The molecule has 0 bridgehead atoms. The molecular formula is C19H30N2O2. The highest BCUT2D eigenvalue weighted by molar-refractivity contribution is 5.79. The minimum absolute atomic E-state index is 0.135. The predicted octanol–water partition coefficient (Wildman–Crippen LogP) is 3.75. The summed E-state index contributed by atoms with van der Waals surface area (Å²) in [6.07, 6.45) is 6.29. The fourth-order valence-corrected chi connectivity index (χ4v) is 3.77. The van der Waals surface area contributed by atoms with Gasteiger partial charge in [-0.1, -0.05) is 39.3 Å². The van der Waals surface area contributed by atoms with Gasteiger partial charge in [0.2, 0.25) is 5.91 Å². The largest absolute Gasteiger partial charge is 0.361 e. The summed E-state index contributed by atoms with van der Waals surface area (Å²) < 4.78 is 5.44. The van der Waals surface area contributed by atoms with Crippen molar-refractivity contribution >= 4 is 5.91 Å². The molecular weight excluding hydrogens is 288 g/mol. The molecule has 128 valence electrons. The Morgan fingerprint density at radius 1 is 1.43 bits per heavy atom. The first-order valence-electron chi connectivity index (χ1n) is 9.11. The maximum atomic E-state index is 12.1. The smallest absolute Gasteiger partial charge is 0.223 e. The maximum Gasteiger partial charge on any atom is 0.223 e. The molecule has 2 atom stereocenters. The molecule has 1 aromatic heterocycles. The zero-order valence-corrected chi connectivity index (χ0v) is 14.9. The van der Waals surface area contributed by atoms with Crippen molar-refractivity contribution in [2.45, 2.75) is 72.3 Å². The number of hydrogen-bond acceptors (Lipinski definition) is 3. The summed E-state index contributed by atoms with van der Waals surface area (Å²) in [5.41, 5.74) is 1.19. The Morgan fingerprint density at radius 3 is 2.74 bits per heavy atom. The Bertz CT molecular complexity index is 557. The lowest BCUT2D eigenvalue weighted by Crippen LogP contribution is -2.59. The number of carbonyl (C=O) groups is 1. The van der Waals surface area contributed by atoms with E-state index in [0.29, 0.717) is 17.9 Å². The second kappa shape index (κ2) is 6.29. The first kappa shape index (κ1) is 16.5. The van der Waals surface area contributed by atoms with Crippen molar-refractivity contribution in [2.75, 3.05) is 0 Å².